The van der Waals surface area contributed by atoms with E-state index in [1.54, 1.807) is 20.1 Å². The van der Waals surface area contributed by atoms with Gasteiger partial charge in [-0.1, -0.05) is 12.0 Å². The molecule has 0 fully saturated rings. The van der Waals surface area contributed by atoms with Gasteiger partial charge in [-0.15, -0.1) is 6.42 Å². The largest absolute Gasteiger partial charge is 0.497 e. The lowest BCUT2D eigenvalue weighted by Crippen LogP contribution is -2.31. The van der Waals surface area contributed by atoms with Crippen LogP contribution in [0.25, 0.3) is 5.70 Å². The number of hydrogen-bond donors (Lipinski definition) is 1. The fraction of sp³-hybridized carbons (Fsp3) is 0.250. The van der Waals surface area contributed by atoms with Gasteiger partial charge >= 0.3 is 5.97 Å². The number of carbonyl (C=O) groups is 1. The van der Waals surface area contributed by atoms with Crippen LogP contribution in [-0.4, -0.2) is 29.1 Å². The Hall–Kier alpha value is -2.93. The number of aromatic carboxylic acids is 1. The maximum absolute atomic E-state index is 11.2. The maximum atomic E-state index is 11.2. The minimum atomic E-state index is -0.916. The summed E-state index contributed by atoms with van der Waals surface area (Å²) in [4.78, 5) is 13.3. The lowest BCUT2D eigenvalue weighted by atomic mass is 9.99. The number of rotatable bonds is 3. The molecule has 0 aliphatic carbocycles. The van der Waals surface area contributed by atoms with Crippen molar-refractivity contribution in [1.29, 1.82) is 0 Å². The average Bonchev–Trinajstić information content (AvgIpc) is 2.91. The third-order valence-electron chi connectivity index (χ3n) is 4.51. The quantitative estimate of drug-likeness (QED) is 0.867. The highest BCUT2D eigenvalue weighted by atomic mass is 16.5. The SMILES string of the molecule is C#CC1C=C(c2ccc(C(=O)O)c(C)c2)N2C=C(C)C(OC)=CC12. The van der Waals surface area contributed by atoms with Crippen LogP contribution in [0.3, 0.4) is 0 Å². The smallest absolute Gasteiger partial charge is 0.335 e. The number of hydrogen-bond acceptors (Lipinski definition) is 3. The standard InChI is InChI=1S/C20H19NO3/c1-5-14-9-17(15-6-7-16(20(22)23)12(2)8-15)21-11-13(3)19(24-4)10-18(14)21/h1,6-11,14,18H,2-4H3,(H,22,23). The van der Waals surface area contributed by atoms with Gasteiger partial charge in [0.2, 0.25) is 0 Å². The molecule has 1 aromatic carbocycles. The number of methoxy groups -OCH3 is 1. The Labute approximate surface area is 141 Å². The Balaban J connectivity index is 2.04. The molecule has 2 unspecified atom stereocenters. The molecule has 2 aliphatic heterocycles. The minimum Gasteiger partial charge on any atom is -0.497 e. The number of carboxylic acids is 1. The van der Waals surface area contributed by atoms with Crippen molar-refractivity contribution in [3.05, 3.63) is 64.6 Å². The molecule has 1 aromatic rings. The molecule has 2 aliphatic rings. The molecule has 0 saturated heterocycles. The normalized spacial score (nSPS) is 22.1. The fourth-order valence-electron chi connectivity index (χ4n) is 3.27. The second kappa shape index (κ2) is 5.93. The van der Waals surface area contributed by atoms with Gasteiger partial charge in [-0.05, 0) is 49.3 Å². The predicted octanol–water partition coefficient (Wildman–Crippen LogP) is 3.42. The average molecular weight is 321 g/mol. The summed E-state index contributed by atoms with van der Waals surface area (Å²) >= 11 is 0. The Bertz CT molecular complexity index is 839. The van der Waals surface area contributed by atoms with Gasteiger partial charge in [-0.25, -0.2) is 4.79 Å². The zero-order valence-electron chi connectivity index (χ0n) is 13.9. The van der Waals surface area contributed by atoms with E-state index in [9.17, 15) is 9.90 Å². The van der Waals surface area contributed by atoms with Gasteiger partial charge in [0.1, 0.15) is 5.76 Å². The summed E-state index contributed by atoms with van der Waals surface area (Å²) in [6.07, 6.45) is 11.8. The van der Waals surface area contributed by atoms with Gasteiger partial charge in [0, 0.05) is 17.5 Å². The van der Waals surface area contributed by atoms with Crippen molar-refractivity contribution in [2.45, 2.75) is 19.9 Å². The van der Waals surface area contributed by atoms with E-state index in [4.69, 9.17) is 11.2 Å². The van der Waals surface area contributed by atoms with Crippen molar-refractivity contribution in [1.82, 2.24) is 4.90 Å². The van der Waals surface area contributed by atoms with Crippen LogP contribution in [0.2, 0.25) is 0 Å². The monoisotopic (exact) mass is 321 g/mol. The third kappa shape index (κ3) is 2.48. The second-order valence-corrected chi connectivity index (χ2v) is 6.02. The summed E-state index contributed by atoms with van der Waals surface area (Å²) in [5.74, 6) is 2.68. The first-order valence-electron chi connectivity index (χ1n) is 7.71. The molecule has 1 N–H and O–H groups in total. The van der Waals surface area contributed by atoms with E-state index >= 15 is 0 Å². The first kappa shape index (κ1) is 15.9. The zero-order chi connectivity index (χ0) is 17.4. The number of aryl methyl sites for hydroxylation is 1. The maximum Gasteiger partial charge on any atom is 0.335 e. The summed E-state index contributed by atoms with van der Waals surface area (Å²) in [7, 11) is 1.65. The van der Waals surface area contributed by atoms with E-state index in [-0.39, 0.29) is 12.0 Å². The molecule has 0 radical (unpaired) electrons. The molecule has 2 atom stereocenters. The van der Waals surface area contributed by atoms with Crippen LogP contribution in [0.1, 0.15) is 28.4 Å². The molecular formula is C20H19NO3. The van der Waals surface area contributed by atoms with Crippen LogP contribution in [-0.2, 0) is 4.74 Å². The first-order valence-corrected chi connectivity index (χ1v) is 7.71. The number of nitrogens with zero attached hydrogens (tertiary/aromatic N) is 1. The van der Waals surface area contributed by atoms with E-state index in [1.807, 2.05) is 31.3 Å². The van der Waals surface area contributed by atoms with Crippen molar-refractivity contribution in [2.75, 3.05) is 7.11 Å². The molecule has 0 saturated carbocycles. The zero-order valence-corrected chi connectivity index (χ0v) is 13.9. The van der Waals surface area contributed by atoms with Gasteiger partial charge in [-0.2, -0.15) is 0 Å². The molecule has 4 nitrogen and oxygen atoms in total. The Kier molecular flexibility index (Phi) is 3.94. The van der Waals surface area contributed by atoms with Crippen LogP contribution in [0.15, 0.2) is 47.9 Å². The lowest BCUT2D eigenvalue weighted by Gasteiger charge is -2.31. The highest BCUT2D eigenvalue weighted by Gasteiger charge is 2.35. The summed E-state index contributed by atoms with van der Waals surface area (Å²) < 4.78 is 5.42. The molecule has 2 heterocycles. The summed E-state index contributed by atoms with van der Waals surface area (Å²) in [5.41, 5.74) is 4.02. The number of terminal acetylenes is 1. The Morgan fingerprint density at radius 1 is 1.33 bits per heavy atom. The van der Waals surface area contributed by atoms with Crippen molar-refractivity contribution in [3.63, 3.8) is 0 Å². The van der Waals surface area contributed by atoms with Crippen LogP contribution in [0.5, 0.6) is 0 Å². The molecular weight excluding hydrogens is 302 g/mol. The lowest BCUT2D eigenvalue weighted by molar-refractivity contribution is 0.0696. The summed E-state index contributed by atoms with van der Waals surface area (Å²) in [5, 5.41) is 9.20. The van der Waals surface area contributed by atoms with Crippen LogP contribution in [0.4, 0.5) is 0 Å². The molecule has 0 amide bonds. The van der Waals surface area contributed by atoms with E-state index in [0.29, 0.717) is 5.56 Å². The molecule has 4 heteroatoms. The molecule has 24 heavy (non-hydrogen) atoms. The first-order chi connectivity index (χ1) is 11.5. The van der Waals surface area contributed by atoms with Gasteiger partial charge in [0.15, 0.2) is 0 Å². The molecule has 3 rings (SSSR count). The van der Waals surface area contributed by atoms with Crippen molar-refractivity contribution >= 4 is 11.7 Å². The van der Waals surface area contributed by atoms with Gasteiger partial charge < -0.3 is 14.7 Å². The third-order valence-corrected chi connectivity index (χ3v) is 4.51. The van der Waals surface area contributed by atoms with E-state index in [0.717, 1.165) is 28.2 Å². The molecule has 122 valence electrons. The summed E-state index contributed by atoms with van der Waals surface area (Å²) in [6, 6.07) is 5.38. The highest BCUT2D eigenvalue weighted by molar-refractivity contribution is 5.90. The van der Waals surface area contributed by atoms with Crippen molar-refractivity contribution in [3.8, 4) is 12.3 Å². The predicted molar refractivity (Wildman–Crippen MR) is 92.9 cm³/mol. The highest BCUT2D eigenvalue weighted by Crippen LogP contribution is 2.39. The number of allylic oxidation sites excluding steroid dienone is 1. The minimum absolute atomic E-state index is 0.0168. The number of carboxylic acid groups (broad SMARTS) is 1. The molecule has 0 bridgehead atoms. The van der Waals surface area contributed by atoms with Crippen molar-refractivity contribution in [2.24, 2.45) is 5.92 Å². The van der Waals surface area contributed by atoms with Gasteiger partial charge in [0.05, 0.1) is 24.6 Å². The van der Waals surface area contributed by atoms with E-state index in [1.165, 1.54) is 0 Å². The Morgan fingerprint density at radius 3 is 2.67 bits per heavy atom. The number of benzene rings is 1. The van der Waals surface area contributed by atoms with Crippen LogP contribution < -0.4 is 0 Å². The molecule has 0 aromatic heterocycles. The van der Waals surface area contributed by atoms with E-state index in [2.05, 4.69) is 16.9 Å². The van der Waals surface area contributed by atoms with Crippen LogP contribution in [0, 0.1) is 25.2 Å². The van der Waals surface area contributed by atoms with Gasteiger partial charge in [-0.3, -0.25) is 0 Å². The molecule has 0 spiro atoms. The fourth-order valence-corrected chi connectivity index (χ4v) is 3.27. The second-order valence-electron chi connectivity index (χ2n) is 6.02. The topological polar surface area (TPSA) is 49.8 Å². The van der Waals surface area contributed by atoms with Crippen LogP contribution >= 0.6 is 0 Å². The number of fused-ring (bicyclic) bond motifs is 1. The summed E-state index contributed by atoms with van der Waals surface area (Å²) in [6.45, 7) is 3.80. The van der Waals surface area contributed by atoms with E-state index < -0.39 is 5.97 Å². The Morgan fingerprint density at radius 2 is 2.08 bits per heavy atom. The van der Waals surface area contributed by atoms with Gasteiger partial charge in [0.25, 0.3) is 0 Å². The van der Waals surface area contributed by atoms with Crippen molar-refractivity contribution < 1.29 is 14.6 Å². The number of ether oxygens (including phenoxy) is 1.